The number of aromatic nitrogens is 2. The molecule has 23 heavy (non-hydrogen) atoms. The summed E-state index contributed by atoms with van der Waals surface area (Å²) in [6.45, 7) is 1.47. The molecule has 3 rings (SSSR count). The van der Waals surface area contributed by atoms with Crippen LogP contribution in [-0.2, 0) is 4.74 Å². The number of hydrogen-bond donors (Lipinski definition) is 0. The van der Waals surface area contributed by atoms with Gasteiger partial charge in [-0.05, 0) is 30.5 Å². The monoisotopic (exact) mass is 336 g/mol. The highest BCUT2D eigenvalue weighted by molar-refractivity contribution is 7.13. The fraction of sp³-hybridized carbons (Fsp3) is 0.133. The van der Waals surface area contributed by atoms with Gasteiger partial charge in [0.05, 0.1) is 4.88 Å². The highest BCUT2D eigenvalue weighted by atomic mass is 32.1. The van der Waals surface area contributed by atoms with Crippen molar-refractivity contribution in [2.24, 2.45) is 0 Å². The van der Waals surface area contributed by atoms with Gasteiger partial charge in [-0.25, -0.2) is 13.6 Å². The van der Waals surface area contributed by atoms with Gasteiger partial charge >= 0.3 is 5.97 Å². The van der Waals surface area contributed by atoms with Crippen molar-refractivity contribution in [2.75, 3.05) is 0 Å². The fourth-order valence-electron chi connectivity index (χ4n) is 1.86. The molecule has 118 valence electrons. The minimum absolute atomic E-state index is 0.0403. The fourth-order valence-corrected chi connectivity index (χ4v) is 2.51. The predicted molar refractivity (Wildman–Crippen MR) is 77.8 cm³/mol. The van der Waals surface area contributed by atoms with E-state index in [9.17, 15) is 13.6 Å². The van der Waals surface area contributed by atoms with Gasteiger partial charge < -0.3 is 9.15 Å². The van der Waals surface area contributed by atoms with Crippen LogP contribution in [0.3, 0.4) is 0 Å². The minimum atomic E-state index is -1.14. The van der Waals surface area contributed by atoms with Gasteiger partial charge in [0.25, 0.3) is 11.8 Å². The molecule has 0 aliphatic carbocycles. The van der Waals surface area contributed by atoms with Crippen molar-refractivity contribution in [3.8, 4) is 10.8 Å². The third-order valence-corrected chi connectivity index (χ3v) is 3.83. The van der Waals surface area contributed by atoms with Crippen LogP contribution < -0.4 is 0 Å². The lowest BCUT2D eigenvalue weighted by molar-refractivity contribution is 0.0269. The quantitative estimate of drug-likeness (QED) is 0.674. The number of nitrogens with zero attached hydrogens (tertiary/aromatic N) is 2. The summed E-state index contributed by atoms with van der Waals surface area (Å²) in [5, 5.41) is 9.49. The smallest absolute Gasteiger partial charge is 0.344 e. The molecule has 0 saturated carbocycles. The molecule has 0 aliphatic rings. The van der Waals surface area contributed by atoms with Crippen LogP contribution in [0, 0.1) is 11.6 Å². The Labute approximate surface area is 133 Å². The first-order valence-electron chi connectivity index (χ1n) is 6.58. The number of hydrogen-bond acceptors (Lipinski definition) is 6. The molecule has 1 aromatic carbocycles. The maximum absolute atomic E-state index is 13.6. The largest absolute Gasteiger partial charge is 0.449 e. The minimum Gasteiger partial charge on any atom is -0.449 e. The standard InChI is InChI=1S/C15H10F2N2O3S/c1-8(13-18-19-14(22-13)11-6-3-7-23-11)21-15(20)12-9(16)4-2-5-10(12)17/h2-8H,1H3/t8-/m1/s1. The molecule has 0 saturated heterocycles. The average molecular weight is 336 g/mol. The Morgan fingerprint density at radius 1 is 1.22 bits per heavy atom. The number of benzene rings is 1. The summed E-state index contributed by atoms with van der Waals surface area (Å²) in [5.41, 5.74) is -0.752. The van der Waals surface area contributed by atoms with Gasteiger partial charge in [-0.15, -0.1) is 21.5 Å². The summed E-state index contributed by atoms with van der Waals surface area (Å²) in [5.74, 6) is -2.79. The van der Waals surface area contributed by atoms with Crippen LogP contribution in [0.2, 0.25) is 0 Å². The zero-order valence-electron chi connectivity index (χ0n) is 11.8. The lowest BCUT2D eigenvalue weighted by Crippen LogP contribution is -2.13. The van der Waals surface area contributed by atoms with Crippen molar-refractivity contribution < 1.29 is 22.7 Å². The Balaban J connectivity index is 1.77. The highest BCUT2D eigenvalue weighted by Crippen LogP contribution is 2.26. The van der Waals surface area contributed by atoms with E-state index in [2.05, 4.69) is 10.2 Å². The highest BCUT2D eigenvalue weighted by Gasteiger charge is 2.24. The van der Waals surface area contributed by atoms with Crippen molar-refractivity contribution >= 4 is 17.3 Å². The Hall–Kier alpha value is -2.61. The molecule has 0 bridgehead atoms. The van der Waals surface area contributed by atoms with Crippen LogP contribution in [0.4, 0.5) is 8.78 Å². The summed E-state index contributed by atoms with van der Waals surface area (Å²) in [4.78, 5) is 12.7. The third-order valence-electron chi connectivity index (χ3n) is 2.97. The van der Waals surface area contributed by atoms with E-state index in [-0.39, 0.29) is 11.8 Å². The summed E-state index contributed by atoms with van der Waals surface area (Å²) in [7, 11) is 0. The molecule has 0 radical (unpaired) electrons. The molecule has 0 amide bonds. The van der Waals surface area contributed by atoms with Crippen molar-refractivity contribution in [3.05, 3.63) is 58.8 Å². The molecular weight excluding hydrogens is 326 g/mol. The van der Waals surface area contributed by atoms with Crippen molar-refractivity contribution in [1.29, 1.82) is 0 Å². The van der Waals surface area contributed by atoms with E-state index in [0.717, 1.165) is 23.1 Å². The maximum Gasteiger partial charge on any atom is 0.344 e. The average Bonchev–Trinajstić information content (AvgIpc) is 3.18. The molecule has 3 aromatic rings. The van der Waals surface area contributed by atoms with Crippen LogP contribution in [0.5, 0.6) is 0 Å². The third kappa shape index (κ3) is 3.11. The lowest BCUT2D eigenvalue weighted by Gasteiger charge is -2.10. The molecular formula is C15H10F2N2O3S. The summed E-state index contributed by atoms with van der Waals surface area (Å²) >= 11 is 1.41. The SMILES string of the molecule is C[C@@H](OC(=O)c1c(F)cccc1F)c1nnc(-c2cccs2)o1. The van der Waals surface area contributed by atoms with Crippen molar-refractivity contribution in [1.82, 2.24) is 10.2 Å². The van der Waals surface area contributed by atoms with Crippen LogP contribution in [0.15, 0.2) is 40.1 Å². The lowest BCUT2D eigenvalue weighted by atomic mass is 10.2. The van der Waals surface area contributed by atoms with E-state index in [1.54, 1.807) is 6.07 Å². The van der Waals surface area contributed by atoms with E-state index in [1.165, 1.54) is 18.3 Å². The first-order valence-corrected chi connectivity index (χ1v) is 7.46. The van der Waals surface area contributed by atoms with E-state index in [1.807, 2.05) is 11.4 Å². The van der Waals surface area contributed by atoms with Crippen LogP contribution >= 0.6 is 11.3 Å². The van der Waals surface area contributed by atoms with Gasteiger partial charge in [0.15, 0.2) is 6.10 Å². The van der Waals surface area contributed by atoms with Crippen molar-refractivity contribution in [2.45, 2.75) is 13.0 Å². The Morgan fingerprint density at radius 2 is 1.96 bits per heavy atom. The normalized spacial score (nSPS) is 12.1. The molecule has 0 aliphatic heterocycles. The molecule has 0 spiro atoms. The Bertz CT molecular complexity index is 813. The molecule has 8 heteroatoms. The topological polar surface area (TPSA) is 65.2 Å². The number of esters is 1. The number of carbonyl (C=O) groups excluding carboxylic acids is 1. The summed E-state index contributed by atoms with van der Waals surface area (Å²) < 4.78 is 37.5. The van der Waals surface area contributed by atoms with Gasteiger partial charge in [0, 0.05) is 0 Å². The van der Waals surface area contributed by atoms with Gasteiger partial charge in [0.2, 0.25) is 0 Å². The second-order valence-electron chi connectivity index (χ2n) is 4.57. The number of carbonyl (C=O) groups is 1. The number of thiophene rings is 1. The molecule has 5 nitrogen and oxygen atoms in total. The van der Waals surface area contributed by atoms with Crippen LogP contribution in [0.1, 0.15) is 29.3 Å². The van der Waals surface area contributed by atoms with E-state index in [4.69, 9.17) is 9.15 Å². The molecule has 1 atom stereocenters. The number of ether oxygens (including phenoxy) is 1. The molecule has 0 unspecified atom stereocenters. The van der Waals surface area contributed by atoms with Gasteiger partial charge in [0.1, 0.15) is 17.2 Å². The van der Waals surface area contributed by atoms with Crippen molar-refractivity contribution in [3.63, 3.8) is 0 Å². The van der Waals surface area contributed by atoms with Gasteiger partial charge in [-0.2, -0.15) is 0 Å². The molecule has 0 fully saturated rings. The van der Waals surface area contributed by atoms with E-state index >= 15 is 0 Å². The van der Waals surface area contributed by atoms with Crippen LogP contribution in [0.25, 0.3) is 10.8 Å². The number of rotatable bonds is 4. The van der Waals surface area contributed by atoms with Gasteiger partial charge in [-0.3, -0.25) is 0 Å². The first kappa shape index (κ1) is 15.3. The predicted octanol–water partition coefficient (Wildman–Crippen LogP) is 3.99. The number of halogens is 2. The zero-order valence-corrected chi connectivity index (χ0v) is 12.6. The Kier molecular flexibility index (Phi) is 4.16. The maximum atomic E-state index is 13.6. The Morgan fingerprint density at radius 3 is 2.61 bits per heavy atom. The van der Waals surface area contributed by atoms with Crippen LogP contribution in [-0.4, -0.2) is 16.2 Å². The second-order valence-corrected chi connectivity index (χ2v) is 5.51. The molecule has 2 heterocycles. The summed E-state index contributed by atoms with van der Waals surface area (Å²) in [6, 6.07) is 6.75. The van der Waals surface area contributed by atoms with E-state index < -0.39 is 29.3 Å². The second kappa shape index (κ2) is 6.25. The molecule has 0 N–H and O–H groups in total. The van der Waals surface area contributed by atoms with Gasteiger partial charge in [-0.1, -0.05) is 12.1 Å². The zero-order chi connectivity index (χ0) is 16.4. The first-order chi connectivity index (χ1) is 11.1. The summed E-state index contributed by atoms with van der Waals surface area (Å²) in [6.07, 6.45) is -0.942. The van der Waals surface area contributed by atoms with E-state index in [0.29, 0.717) is 0 Å². The molecule has 2 aromatic heterocycles.